The summed E-state index contributed by atoms with van der Waals surface area (Å²) in [6.07, 6.45) is 7.58. The molecule has 1 aliphatic rings. The van der Waals surface area contributed by atoms with E-state index >= 15 is 0 Å². The minimum Gasteiger partial charge on any atom is -0.399 e. The van der Waals surface area contributed by atoms with E-state index in [-0.39, 0.29) is 0 Å². The van der Waals surface area contributed by atoms with E-state index in [0.29, 0.717) is 11.8 Å². The van der Waals surface area contributed by atoms with Crippen molar-refractivity contribution in [3.8, 4) is 11.5 Å². The molecule has 0 amide bonds. The largest absolute Gasteiger partial charge is 0.399 e. The van der Waals surface area contributed by atoms with Crippen LogP contribution in [0.2, 0.25) is 0 Å². The van der Waals surface area contributed by atoms with E-state index in [1.54, 1.807) is 0 Å². The van der Waals surface area contributed by atoms with E-state index in [1.807, 2.05) is 24.3 Å². The van der Waals surface area contributed by atoms with Gasteiger partial charge >= 0.3 is 0 Å². The molecule has 0 atom stereocenters. The molecule has 1 aromatic heterocycles. The lowest BCUT2D eigenvalue weighted by atomic mass is 10.00. The number of benzene rings is 1. The molecule has 100 valence electrons. The van der Waals surface area contributed by atoms with Crippen LogP contribution < -0.4 is 5.73 Å². The Balaban J connectivity index is 1.80. The fraction of sp³-hybridized carbons (Fsp3) is 0.467. The normalized spacial score (nSPS) is 17.3. The summed E-state index contributed by atoms with van der Waals surface area (Å²) in [5, 5.41) is 4.16. The van der Waals surface area contributed by atoms with Crippen LogP contribution in [0.5, 0.6) is 0 Å². The average Bonchev–Trinajstić information content (AvgIpc) is 2.76. The minimum atomic E-state index is 0.466. The first-order chi connectivity index (χ1) is 9.33. The molecule has 19 heavy (non-hydrogen) atoms. The van der Waals surface area contributed by atoms with Crippen molar-refractivity contribution in [1.82, 2.24) is 10.1 Å². The number of rotatable bonds is 2. The lowest BCUT2D eigenvalue weighted by Gasteiger charge is -2.07. The third-order valence-electron chi connectivity index (χ3n) is 3.82. The highest BCUT2D eigenvalue weighted by atomic mass is 16.5. The molecule has 1 heterocycles. The van der Waals surface area contributed by atoms with Crippen LogP contribution in [0.1, 0.15) is 50.3 Å². The van der Waals surface area contributed by atoms with Gasteiger partial charge in [0.05, 0.1) is 0 Å². The summed E-state index contributed by atoms with van der Waals surface area (Å²) in [6, 6.07) is 7.54. The number of nitrogen functional groups attached to an aromatic ring is 1. The second kappa shape index (κ2) is 5.43. The first kappa shape index (κ1) is 12.2. The van der Waals surface area contributed by atoms with Crippen LogP contribution in [0.15, 0.2) is 28.8 Å². The Hall–Kier alpha value is -1.84. The molecule has 1 saturated carbocycles. The molecule has 4 heteroatoms. The van der Waals surface area contributed by atoms with Gasteiger partial charge in [0, 0.05) is 17.2 Å². The van der Waals surface area contributed by atoms with Gasteiger partial charge in [-0.25, -0.2) is 0 Å². The summed E-state index contributed by atoms with van der Waals surface area (Å²) in [5.41, 5.74) is 7.35. The summed E-state index contributed by atoms with van der Waals surface area (Å²) in [5.74, 6) is 1.93. The molecular formula is C15H19N3O. The average molecular weight is 257 g/mol. The van der Waals surface area contributed by atoms with Gasteiger partial charge in [0.1, 0.15) is 0 Å². The van der Waals surface area contributed by atoms with E-state index in [9.17, 15) is 0 Å². The molecule has 0 bridgehead atoms. The van der Waals surface area contributed by atoms with Gasteiger partial charge in [-0.3, -0.25) is 0 Å². The fourth-order valence-electron chi connectivity index (χ4n) is 2.68. The number of anilines is 1. The van der Waals surface area contributed by atoms with Crippen molar-refractivity contribution in [3.05, 3.63) is 30.1 Å². The molecule has 3 rings (SSSR count). The Morgan fingerprint density at radius 1 is 1.00 bits per heavy atom. The van der Waals surface area contributed by atoms with Crippen molar-refractivity contribution in [2.45, 2.75) is 44.4 Å². The van der Waals surface area contributed by atoms with Crippen LogP contribution in [0.25, 0.3) is 11.5 Å². The maximum atomic E-state index is 5.68. The van der Waals surface area contributed by atoms with Gasteiger partial charge in [-0.1, -0.05) is 30.8 Å². The van der Waals surface area contributed by atoms with Crippen LogP contribution in [-0.4, -0.2) is 10.1 Å². The van der Waals surface area contributed by atoms with Gasteiger partial charge in [-0.2, -0.15) is 4.98 Å². The second-order valence-corrected chi connectivity index (χ2v) is 5.27. The molecule has 0 saturated heterocycles. The number of aromatic nitrogens is 2. The molecule has 1 fully saturated rings. The molecule has 0 spiro atoms. The minimum absolute atomic E-state index is 0.466. The topological polar surface area (TPSA) is 64.9 Å². The molecule has 2 N–H and O–H groups in total. The summed E-state index contributed by atoms with van der Waals surface area (Å²) in [7, 11) is 0. The Morgan fingerprint density at radius 2 is 1.68 bits per heavy atom. The third kappa shape index (κ3) is 2.78. The molecule has 0 unspecified atom stereocenters. The van der Waals surface area contributed by atoms with E-state index < -0.39 is 0 Å². The predicted octanol–water partition coefficient (Wildman–Crippen LogP) is 3.76. The van der Waals surface area contributed by atoms with Gasteiger partial charge in [-0.15, -0.1) is 0 Å². The van der Waals surface area contributed by atoms with E-state index in [1.165, 1.54) is 38.5 Å². The Kier molecular flexibility index (Phi) is 3.49. The Morgan fingerprint density at radius 3 is 2.37 bits per heavy atom. The van der Waals surface area contributed by atoms with Crippen molar-refractivity contribution in [3.63, 3.8) is 0 Å². The SMILES string of the molecule is Nc1ccc(-c2nc(C3CCCCCC3)no2)cc1. The summed E-state index contributed by atoms with van der Waals surface area (Å²) in [6.45, 7) is 0. The molecule has 4 nitrogen and oxygen atoms in total. The first-order valence-corrected chi connectivity index (χ1v) is 7.02. The quantitative estimate of drug-likeness (QED) is 0.657. The maximum Gasteiger partial charge on any atom is 0.257 e. The van der Waals surface area contributed by atoms with Crippen molar-refractivity contribution in [2.24, 2.45) is 0 Å². The standard InChI is InChI=1S/C15H19N3O/c16-13-9-7-12(8-10-13)15-17-14(18-19-15)11-5-3-1-2-4-6-11/h7-11H,1-6,16H2. The third-order valence-corrected chi connectivity index (χ3v) is 3.82. The highest BCUT2D eigenvalue weighted by Gasteiger charge is 2.20. The zero-order valence-corrected chi connectivity index (χ0v) is 11.0. The monoisotopic (exact) mass is 257 g/mol. The van der Waals surface area contributed by atoms with Gasteiger partial charge < -0.3 is 10.3 Å². The van der Waals surface area contributed by atoms with Gasteiger partial charge in [0.25, 0.3) is 5.89 Å². The van der Waals surface area contributed by atoms with Crippen molar-refractivity contribution >= 4 is 5.69 Å². The number of nitrogens with two attached hydrogens (primary N) is 1. The Labute approximate surface area is 113 Å². The van der Waals surface area contributed by atoms with Crippen LogP contribution in [0.3, 0.4) is 0 Å². The molecule has 0 radical (unpaired) electrons. The lowest BCUT2D eigenvalue weighted by molar-refractivity contribution is 0.410. The second-order valence-electron chi connectivity index (χ2n) is 5.27. The molecular weight excluding hydrogens is 238 g/mol. The van der Waals surface area contributed by atoms with Crippen molar-refractivity contribution < 1.29 is 4.52 Å². The number of hydrogen-bond acceptors (Lipinski definition) is 4. The van der Waals surface area contributed by atoms with Gasteiger partial charge in [-0.05, 0) is 37.1 Å². The van der Waals surface area contributed by atoms with Crippen LogP contribution in [0, 0.1) is 0 Å². The predicted molar refractivity (Wildman–Crippen MR) is 74.6 cm³/mol. The van der Waals surface area contributed by atoms with Crippen LogP contribution >= 0.6 is 0 Å². The van der Waals surface area contributed by atoms with Gasteiger partial charge in [0.2, 0.25) is 0 Å². The highest BCUT2D eigenvalue weighted by Crippen LogP contribution is 2.31. The molecule has 1 aliphatic carbocycles. The zero-order chi connectivity index (χ0) is 13.1. The summed E-state index contributed by atoms with van der Waals surface area (Å²) >= 11 is 0. The van der Waals surface area contributed by atoms with E-state index in [2.05, 4.69) is 10.1 Å². The highest BCUT2D eigenvalue weighted by molar-refractivity contribution is 5.56. The zero-order valence-electron chi connectivity index (χ0n) is 11.0. The lowest BCUT2D eigenvalue weighted by Crippen LogP contribution is -1.99. The number of hydrogen-bond donors (Lipinski definition) is 1. The molecule has 2 aromatic rings. The van der Waals surface area contributed by atoms with Crippen molar-refractivity contribution in [2.75, 3.05) is 5.73 Å². The fourth-order valence-corrected chi connectivity index (χ4v) is 2.68. The van der Waals surface area contributed by atoms with E-state index in [4.69, 9.17) is 10.3 Å². The first-order valence-electron chi connectivity index (χ1n) is 7.02. The smallest absolute Gasteiger partial charge is 0.257 e. The molecule has 1 aromatic carbocycles. The summed E-state index contributed by atoms with van der Waals surface area (Å²) < 4.78 is 5.38. The van der Waals surface area contributed by atoms with Crippen LogP contribution in [0.4, 0.5) is 5.69 Å². The number of nitrogens with zero attached hydrogens (tertiary/aromatic N) is 2. The molecule has 0 aliphatic heterocycles. The summed E-state index contributed by atoms with van der Waals surface area (Å²) in [4.78, 5) is 4.56. The Bertz CT molecular complexity index is 525. The van der Waals surface area contributed by atoms with Crippen LogP contribution in [-0.2, 0) is 0 Å². The van der Waals surface area contributed by atoms with Gasteiger partial charge in [0.15, 0.2) is 5.82 Å². The van der Waals surface area contributed by atoms with E-state index in [0.717, 1.165) is 17.1 Å². The van der Waals surface area contributed by atoms with Crippen molar-refractivity contribution in [1.29, 1.82) is 0 Å². The maximum absolute atomic E-state index is 5.68.